The first kappa shape index (κ1) is 9.66. The zero-order valence-corrected chi connectivity index (χ0v) is 6.93. The summed E-state index contributed by atoms with van der Waals surface area (Å²) in [4.78, 5) is 0. The van der Waals surface area contributed by atoms with Crippen molar-refractivity contribution in [1.82, 2.24) is 5.32 Å². The van der Waals surface area contributed by atoms with Crippen LogP contribution in [0.25, 0.3) is 0 Å². The molecule has 0 amide bonds. The van der Waals surface area contributed by atoms with E-state index < -0.39 is 0 Å². The van der Waals surface area contributed by atoms with Crippen molar-refractivity contribution in [2.75, 3.05) is 13.1 Å². The second-order valence-electron chi connectivity index (χ2n) is 2.42. The Morgan fingerprint density at radius 3 is 2.70 bits per heavy atom. The van der Waals surface area contributed by atoms with Gasteiger partial charge in [-0.1, -0.05) is 19.1 Å². The van der Waals surface area contributed by atoms with Crippen molar-refractivity contribution in [3.05, 3.63) is 12.2 Å². The molecule has 1 atom stereocenters. The highest BCUT2D eigenvalue weighted by Crippen LogP contribution is 1.85. The van der Waals surface area contributed by atoms with Crippen molar-refractivity contribution in [2.45, 2.75) is 26.3 Å². The average molecular weight is 142 g/mol. The third kappa shape index (κ3) is 5.79. The third-order valence-electron chi connectivity index (χ3n) is 1.50. The molecule has 0 aromatic rings. The molecule has 0 rings (SSSR count). The van der Waals surface area contributed by atoms with Gasteiger partial charge < -0.3 is 11.1 Å². The summed E-state index contributed by atoms with van der Waals surface area (Å²) in [6, 6.07) is 0.613. The van der Waals surface area contributed by atoms with Crippen molar-refractivity contribution in [1.29, 1.82) is 0 Å². The van der Waals surface area contributed by atoms with E-state index in [0.717, 1.165) is 6.54 Å². The molecule has 1 unspecified atom stereocenters. The van der Waals surface area contributed by atoms with Gasteiger partial charge in [-0.2, -0.15) is 0 Å². The van der Waals surface area contributed by atoms with Crippen LogP contribution in [-0.2, 0) is 0 Å². The van der Waals surface area contributed by atoms with E-state index in [1.54, 1.807) is 0 Å². The Balaban J connectivity index is 3.10. The Morgan fingerprint density at radius 1 is 1.50 bits per heavy atom. The molecule has 0 fully saturated rings. The molecule has 2 nitrogen and oxygen atoms in total. The first-order valence-electron chi connectivity index (χ1n) is 3.89. The summed E-state index contributed by atoms with van der Waals surface area (Å²) in [5, 5.41) is 3.32. The topological polar surface area (TPSA) is 38.0 Å². The first-order chi connectivity index (χ1) is 4.81. The molecular weight excluding hydrogens is 124 g/mol. The summed E-state index contributed by atoms with van der Waals surface area (Å²) in [5.74, 6) is 0. The fourth-order valence-electron chi connectivity index (χ4n) is 0.593. The summed E-state index contributed by atoms with van der Waals surface area (Å²) in [5.41, 5.74) is 5.26. The largest absolute Gasteiger partial charge is 0.327 e. The van der Waals surface area contributed by atoms with E-state index in [9.17, 15) is 0 Å². The highest BCUT2D eigenvalue weighted by molar-refractivity contribution is 4.84. The Hall–Kier alpha value is -0.340. The Labute approximate surface area is 63.5 Å². The minimum Gasteiger partial charge on any atom is -0.327 e. The van der Waals surface area contributed by atoms with Crippen LogP contribution in [-0.4, -0.2) is 19.1 Å². The van der Waals surface area contributed by atoms with E-state index in [0.29, 0.717) is 12.6 Å². The van der Waals surface area contributed by atoms with Gasteiger partial charge in [0.15, 0.2) is 0 Å². The van der Waals surface area contributed by atoms with E-state index in [2.05, 4.69) is 25.2 Å². The van der Waals surface area contributed by atoms with Gasteiger partial charge in [0.25, 0.3) is 0 Å². The van der Waals surface area contributed by atoms with Gasteiger partial charge >= 0.3 is 0 Å². The molecule has 0 bridgehead atoms. The lowest BCUT2D eigenvalue weighted by Gasteiger charge is -2.07. The zero-order chi connectivity index (χ0) is 7.82. The number of nitrogens with two attached hydrogens (primary N) is 1. The van der Waals surface area contributed by atoms with E-state index >= 15 is 0 Å². The first-order valence-corrected chi connectivity index (χ1v) is 3.89. The van der Waals surface area contributed by atoms with Crippen LogP contribution in [0.3, 0.4) is 0 Å². The quantitative estimate of drug-likeness (QED) is 0.559. The van der Waals surface area contributed by atoms with Crippen LogP contribution in [0.4, 0.5) is 0 Å². The van der Waals surface area contributed by atoms with Gasteiger partial charge in [0.05, 0.1) is 0 Å². The summed E-state index contributed by atoms with van der Waals surface area (Å²) >= 11 is 0. The number of hydrogen-bond acceptors (Lipinski definition) is 2. The van der Waals surface area contributed by atoms with Gasteiger partial charge in [0.2, 0.25) is 0 Å². The molecule has 0 saturated carbocycles. The fourth-order valence-corrected chi connectivity index (χ4v) is 0.593. The molecule has 60 valence electrons. The van der Waals surface area contributed by atoms with Crippen LogP contribution < -0.4 is 11.1 Å². The second kappa shape index (κ2) is 6.78. The molecular formula is C8H18N2. The molecule has 0 aromatic heterocycles. The molecule has 0 radical (unpaired) electrons. The van der Waals surface area contributed by atoms with Crippen molar-refractivity contribution in [3.63, 3.8) is 0 Å². The monoisotopic (exact) mass is 142 g/mol. The SMILES string of the molecule is CCC(C)NC/C=C/CN. The summed E-state index contributed by atoms with van der Waals surface area (Å²) in [6.07, 6.45) is 5.21. The summed E-state index contributed by atoms with van der Waals surface area (Å²) < 4.78 is 0. The minimum absolute atomic E-state index is 0.613. The Bertz CT molecular complexity index is 89.3. The van der Waals surface area contributed by atoms with E-state index in [1.165, 1.54) is 6.42 Å². The van der Waals surface area contributed by atoms with Gasteiger partial charge in [0.1, 0.15) is 0 Å². The molecule has 0 aliphatic carbocycles. The normalized spacial score (nSPS) is 14.3. The predicted molar refractivity (Wildman–Crippen MR) is 46.0 cm³/mol. The lowest BCUT2D eigenvalue weighted by molar-refractivity contribution is 0.567. The summed E-state index contributed by atoms with van der Waals surface area (Å²) in [6.45, 7) is 5.93. The zero-order valence-electron chi connectivity index (χ0n) is 6.93. The van der Waals surface area contributed by atoms with Crippen LogP contribution in [0.1, 0.15) is 20.3 Å². The van der Waals surface area contributed by atoms with Crippen molar-refractivity contribution in [2.24, 2.45) is 5.73 Å². The highest BCUT2D eigenvalue weighted by Gasteiger charge is 1.91. The maximum absolute atomic E-state index is 5.26. The molecule has 0 aromatic carbocycles. The van der Waals surface area contributed by atoms with Gasteiger partial charge in [-0.15, -0.1) is 0 Å². The molecule has 0 spiro atoms. The number of nitrogens with one attached hydrogen (secondary N) is 1. The third-order valence-corrected chi connectivity index (χ3v) is 1.50. The van der Waals surface area contributed by atoms with Gasteiger partial charge in [-0.25, -0.2) is 0 Å². The highest BCUT2D eigenvalue weighted by atomic mass is 14.9. The number of rotatable bonds is 5. The van der Waals surface area contributed by atoms with E-state index in [1.807, 2.05) is 6.08 Å². The molecule has 0 saturated heterocycles. The van der Waals surface area contributed by atoms with Gasteiger partial charge in [-0.05, 0) is 13.3 Å². The average Bonchev–Trinajstić information content (AvgIpc) is 1.98. The predicted octanol–water partition coefficient (Wildman–Crippen LogP) is 0.889. The molecule has 0 aliphatic heterocycles. The van der Waals surface area contributed by atoms with E-state index in [4.69, 9.17) is 5.73 Å². The van der Waals surface area contributed by atoms with Crippen LogP contribution in [0.2, 0.25) is 0 Å². The maximum atomic E-state index is 5.26. The van der Waals surface area contributed by atoms with Gasteiger partial charge in [0, 0.05) is 19.1 Å². The van der Waals surface area contributed by atoms with E-state index in [-0.39, 0.29) is 0 Å². The second-order valence-corrected chi connectivity index (χ2v) is 2.42. The van der Waals surface area contributed by atoms with Gasteiger partial charge in [-0.3, -0.25) is 0 Å². The lowest BCUT2D eigenvalue weighted by atomic mass is 10.2. The van der Waals surface area contributed by atoms with Crippen LogP contribution in [0, 0.1) is 0 Å². The standard InChI is InChI=1S/C8H18N2/c1-3-8(2)10-7-5-4-6-9/h4-5,8,10H,3,6-7,9H2,1-2H3/b5-4+. The van der Waals surface area contributed by atoms with Crippen molar-refractivity contribution in [3.8, 4) is 0 Å². The van der Waals surface area contributed by atoms with Crippen LogP contribution in [0.15, 0.2) is 12.2 Å². The Morgan fingerprint density at radius 2 is 2.20 bits per heavy atom. The maximum Gasteiger partial charge on any atom is 0.0137 e. The molecule has 3 N–H and O–H groups in total. The number of hydrogen-bond donors (Lipinski definition) is 2. The lowest BCUT2D eigenvalue weighted by Crippen LogP contribution is -2.25. The van der Waals surface area contributed by atoms with Crippen LogP contribution in [0.5, 0.6) is 0 Å². The van der Waals surface area contributed by atoms with Crippen molar-refractivity contribution < 1.29 is 0 Å². The smallest absolute Gasteiger partial charge is 0.0137 e. The van der Waals surface area contributed by atoms with Crippen molar-refractivity contribution >= 4 is 0 Å². The molecule has 0 heterocycles. The molecule has 10 heavy (non-hydrogen) atoms. The minimum atomic E-state index is 0.613. The fraction of sp³-hybridized carbons (Fsp3) is 0.750. The summed E-state index contributed by atoms with van der Waals surface area (Å²) in [7, 11) is 0. The molecule has 0 aliphatic rings. The molecule has 2 heteroatoms. The Kier molecular flexibility index (Phi) is 6.55. The van der Waals surface area contributed by atoms with Crippen LogP contribution >= 0.6 is 0 Å².